The van der Waals surface area contributed by atoms with Crippen molar-refractivity contribution in [3.8, 4) is 0 Å². The third kappa shape index (κ3) is 2.98. The highest BCUT2D eigenvalue weighted by molar-refractivity contribution is 7.21. The van der Waals surface area contributed by atoms with Crippen molar-refractivity contribution in [3.63, 3.8) is 0 Å². The van der Waals surface area contributed by atoms with Crippen molar-refractivity contribution in [2.45, 2.75) is 25.8 Å². The molecule has 2 N–H and O–H groups in total. The van der Waals surface area contributed by atoms with Gasteiger partial charge in [0.05, 0.1) is 5.02 Å². The van der Waals surface area contributed by atoms with Gasteiger partial charge in [0.15, 0.2) is 0 Å². The van der Waals surface area contributed by atoms with Crippen LogP contribution < -0.4 is 5.73 Å². The summed E-state index contributed by atoms with van der Waals surface area (Å²) in [4.78, 5) is 15.3. The number of thiophene rings is 1. The van der Waals surface area contributed by atoms with Crippen LogP contribution in [-0.2, 0) is 0 Å². The maximum Gasteiger partial charge on any atom is 0.265 e. The number of nitrogens with zero attached hydrogens (tertiary/aromatic N) is 1. The van der Waals surface area contributed by atoms with Gasteiger partial charge in [0.2, 0.25) is 0 Å². The topological polar surface area (TPSA) is 46.3 Å². The second-order valence-electron chi connectivity index (χ2n) is 5.90. The minimum absolute atomic E-state index is 0.00710. The normalized spacial score (nSPS) is 20.4. The van der Waals surface area contributed by atoms with Crippen LogP contribution in [0.25, 0.3) is 10.1 Å². The number of hydrogen-bond donors (Lipinski definition) is 1. The Morgan fingerprint density at radius 1 is 1.45 bits per heavy atom. The van der Waals surface area contributed by atoms with E-state index in [1.165, 1.54) is 11.3 Å². The van der Waals surface area contributed by atoms with E-state index in [1.54, 1.807) is 6.07 Å². The molecule has 22 heavy (non-hydrogen) atoms. The van der Waals surface area contributed by atoms with Crippen LogP contribution >= 0.6 is 34.5 Å². The Labute approximate surface area is 144 Å². The lowest BCUT2D eigenvalue weighted by Crippen LogP contribution is -2.44. The number of halogens is 2. The summed E-state index contributed by atoms with van der Waals surface area (Å²) in [7, 11) is 0. The van der Waals surface area contributed by atoms with E-state index in [1.807, 2.05) is 24.0 Å². The zero-order chi connectivity index (χ0) is 15.9. The summed E-state index contributed by atoms with van der Waals surface area (Å²) < 4.78 is 0.946. The number of fused-ring (bicyclic) bond motifs is 1. The van der Waals surface area contributed by atoms with Gasteiger partial charge in [-0.15, -0.1) is 11.3 Å². The minimum atomic E-state index is 0.00710. The van der Waals surface area contributed by atoms with Crippen LogP contribution in [0.5, 0.6) is 0 Å². The average molecular weight is 357 g/mol. The summed E-state index contributed by atoms with van der Waals surface area (Å²) in [5.41, 5.74) is 6.00. The molecule has 0 saturated carbocycles. The quantitative estimate of drug-likeness (QED) is 0.866. The molecule has 0 aliphatic carbocycles. The highest BCUT2D eigenvalue weighted by Gasteiger charge is 2.29. The highest BCUT2D eigenvalue weighted by Crippen LogP contribution is 2.37. The van der Waals surface area contributed by atoms with E-state index >= 15 is 0 Å². The molecule has 1 aromatic carbocycles. The van der Waals surface area contributed by atoms with Gasteiger partial charge in [-0.05, 0) is 37.8 Å². The van der Waals surface area contributed by atoms with Crippen molar-refractivity contribution < 1.29 is 4.79 Å². The molecule has 0 radical (unpaired) electrons. The molecule has 2 atom stereocenters. The number of carbonyl (C=O) groups excluding carboxylic acids is 1. The molecule has 6 heteroatoms. The molecule has 1 aliphatic rings. The molecule has 0 spiro atoms. The first-order valence-corrected chi connectivity index (χ1v) is 8.97. The van der Waals surface area contributed by atoms with Crippen molar-refractivity contribution in [2.75, 3.05) is 13.1 Å². The lowest BCUT2D eigenvalue weighted by Gasteiger charge is -2.34. The standard InChI is InChI=1S/C16H18Cl2N2OS/c1-9(19)10-3-2-6-20(8-10)16(21)15-14(18)12-5-4-11(17)7-13(12)22-15/h4-5,7,9-10H,2-3,6,8,19H2,1H3. The Bertz CT molecular complexity index is 713. The SMILES string of the molecule is CC(N)C1CCCN(C(=O)c2sc3cc(Cl)ccc3c2Cl)C1. The smallest absolute Gasteiger partial charge is 0.265 e. The molecule has 2 aromatic rings. The fourth-order valence-corrected chi connectivity index (χ4v) is 4.70. The van der Waals surface area contributed by atoms with Gasteiger partial charge in [0.25, 0.3) is 5.91 Å². The van der Waals surface area contributed by atoms with Crippen LogP contribution in [0, 0.1) is 5.92 Å². The first kappa shape index (κ1) is 16.1. The molecule has 2 heterocycles. The summed E-state index contributed by atoms with van der Waals surface area (Å²) in [5.74, 6) is 0.368. The molecule has 3 rings (SSSR count). The van der Waals surface area contributed by atoms with E-state index < -0.39 is 0 Å². The largest absolute Gasteiger partial charge is 0.338 e. The van der Waals surface area contributed by atoms with E-state index in [0.29, 0.717) is 27.4 Å². The third-order valence-electron chi connectivity index (χ3n) is 4.27. The maximum atomic E-state index is 12.8. The zero-order valence-electron chi connectivity index (χ0n) is 12.3. The van der Waals surface area contributed by atoms with Crippen LogP contribution in [-0.4, -0.2) is 29.9 Å². The van der Waals surface area contributed by atoms with Gasteiger partial charge in [0, 0.05) is 34.2 Å². The lowest BCUT2D eigenvalue weighted by atomic mass is 9.92. The third-order valence-corrected chi connectivity index (χ3v) is 6.15. The van der Waals surface area contributed by atoms with Gasteiger partial charge < -0.3 is 10.6 Å². The van der Waals surface area contributed by atoms with E-state index in [9.17, 15) is 4.79 Å². The van der Waals surface area contributed by atoms with E-state index in [-0.39, 0.29) is 11.9 Å². The number of likely N-dealkylation sites (tertiary alicyclic amines) is 1. The number of piperidine rings is 1. The monoisotopic (exact) mass is 356 g/mol. The van der Waals surface area contributed by atoms with E-state index in [4.69, 9.17) is 28.9 Å². The van der Waals surface area contributed by atoms with E-state index in [2.05, 4.69) is 0 Å². The van der Waals surface area contributed by atoms with Gasteiger partial charge in [0.1, 0.15) is 4.88 Å². The lowest BCUT2D eigenvalue weighted by molar-refractivity contribution is 0.0666. The molecular weight excluding hydrogens is 339 g/mol. The molecule has 1 amide bonds. The van der Waals surface area contributed by atoms with E-state index in [0.717, 1.165) is 29.5 Å². The molecular formula is C16H18Cl2N2OS. The molecule has 1 aliphatic heterocycles. The molecule has 0 bridgehead atoms. The molecule has 1 fully saturated rings. The second kappa shape index (κ2) is 6.36. The van der Waals surface area contributed by atoms with Crippen LogP contribution in [0.15, 0.2) is 18.2 Å². The van der Waals surface area contributed by atoms with Gasteiger partial charge in [-0.25, -0.2) is 0 Å². The minimum Gasteiger partial charge on any atom is -0.338 e. The zero-order valence-corrected chi connectivity index (χ0v) is 14.6. The predicted molar refractivity (Wildman–Crippen MR) is 94.1 cm³/mol. The maximum absolute atomic E-state index is 12.8. The Morgan fingerprint density at radius 2 is 2.23 bits per heavy atom. The van der Waals surface area contributed by atoms with Crippen LogP contribution in [0.2, 0.25) is 10.0 Å². The summed E-state index contributed by atoms with van der Waals surface area (Å²) in [6.07, 6.45) is 2.07. The molecule has 3 nitrogen and oxygen atoms in total. The highest BCUT2D eigenvalue weighted by atomic mass is 35.5. The van der Waals surface area contributed by atoms with Crippen molar-refractivity contribution in [3.05, 3.63) is 33.1 Å². The van der Waals surface area contributed by atoms with Crippen LogP contribution in [0.1, 0.15) is 29.4 Å². The Balaban J connectivity index is 1.90. The Kier molecular flexibility index (Phi) is 4.64. The fourth-order valence-electron chi connectivity index (χ4n) is 2.94. The predicted octanol–water partition coefficient (Wildman–Crippen LogP) is 4.41. The van der Waals surface area contributed by atoms with Crippen molar-refractivity contribution in [1.82, 2.24) is 4.90 Å². The Morgan fingerprint density at radius 3 is 2.95 bits per heavy atom. The molecule has 2 unspecified atom stereocenters. The second-order valence-corrected chi connectivity index (χ2v) is 7.76. The summed E-state index contributed by atoms with van der Waals surface area (Å²) in [6.45, 7) is 3.49. The number of nitrogens with two attached hydrogens (primary N) is 1. The number of benzene rings is 1. The molecule has 1 aromatic heterocycles. The number of hydrogen-bond acceptors (Lipinski definition) is 3. The van der Waals surface area contributed by atoms with Gasteiger partial charge in [-0.3, -0.25) is 4.79 Å². The van der Waals surface area contributed by atoms with Gasteiger partial charge >= 0.3 is 0 Å². The summed E-state index contributed by atoms with van der Waals surface area (Å²) in [6, 6.07) is 5.62. The first-order valence-electron chi connectivity index (χ1n) is 7.39. The molecule has 118 valence electrons. The first-order chi connectivity index (χ1) is 10.5. The van der Waals surface area contributed by atoms with Gasteiger partial charge in [-0.1, -0.05) is 29.3 Å². The van der Waals surface area contributed by atoms with Crippen molar-refractivity contribution in [2.24, 2.45) is 11.7 Å². The van der Waals surface area contributed by atoms with Gasteiger partial charge in [-0.2, -0.15) is 0 Å². The summed E-state index contributed by atoms with van der Waals surface area (Å²) in [5, 5.41) is 2.07. The fraction of sp³-hybridized carbons (Fsp3) is 0.438. The number of amides is 1. The number of carbonyl (C=O) groups is 1. The average Bonchev–Trinajstić information content (AvgIpc) is 2.83. The molecule has 1 saturated heterocycles. The number of rotatable bonds is 2. The van der Waals surface area contributed by atoms with Crippen LogP contribution in [0.3, 0.4) is 0 Å². The van der Waals surface area contributed by atoms with Crippen molar-refractivity contribution >= 4 is 50.5 Å². The van der Waals surface area contributed by atoms with Crippen molar-refractivity contribution in [1.29, 1.82) is 0 Å². The Hall–Kier alpha value is -0.810. The summed E-state index contributed by atoms with van der Waals surface area (Å²) >= 11 is 13.8. The van der Waals surface area contributed by atoms with Crippen LogP contribution in [0.4, 0.5) is 0 Å².